The van der Waals surface area contributed by atoms with E-state index < -0.39 is 0 Å². The van der Waals surface area contributed by atoms with E-state index in [1.807, 2.05) is 0 Å². The molecule has 1 nitrogen and oxygen atoms in total. The second kappa shape index (κ2) is 1.32. The summed E-state index contributed by atoms with van der Waals surface area (Å²) < 4.78 is 0. The molecule has 1 atom stereocenters. The van der Waals surface area contributed by atoms with E-state index in [-0.39, 0.29) is 0 Å². The van der Waals surface area contributed by atoms with E-state index in [4.69, 9.17) is 0 Å². The van der Waals surface area contributed by atoms with Crippen LogP contribution in [0.15, 0.2) is 0 Å². The average molecular weight is 136 g/mol. The highest BCUT2D eigenvalue weighted by atomic mass is 16.1. The molecule has 3 fully saturated rings. The van der Waals surface area contributed by atoms with E-state index in [0.717, 1.165) is 12.3 Å². The average Bonchev–Trinajstić information content (AvgIpc) is 2.33. The van der Waals surface area contributed by atoms with Gasteiger partial charge in [-0.2, -0.15) is 0 Å². The quantitative estimate of drug-likeness (QED) is 0.496. The fourth-order valence-electron chi connectivity index (χ4n) is 3.58. The van der Waals surface area contributed by atoms with Gasteiger partial charge in [-0.05, 0) is 37.0 Å². The fraction of sp³-hybridized carbons (Fsp3) is 0.889. The standard InChI is InChI=1S/C9H12O/c10-7-5-9-3-1-6(2-4-9)8(7)9/h6,8H,1-5H2. The summed E-state index contributed by atoms with van der Waals surface area (Å²) >= 11 is 0. The molecular weight excluding hydrogens is 124 g/mol. The third kappa shape index (κ3) is 0.363. The van der Waals surface area contributed by atoms with Gasteiger partial charge in [0.25, 0.3) is 0 Å². The molecular formula is C9H12O. The molecule has 0 amide bonds. The van der Waals surface area contributed by atoms with E-state index in [1.54, 1.807) is 0 Å². The molecule has 3 saturated carbocycles. The van der Waals surface area contributed by atoms with Crippen LogP contribution in [0, 0.1) is 17.3 Å². The molecule has 0 N–H and O–H groups in total. The summed E-state index contributed by atoms with van der Waals surface area (Å²) in [6.07, 6.45) is 6.39. The Kier molecular flexibility index (Phi) is 0.704. The summed E-state index contributed by atoms with van der Waals surface area (Å²) in [6, 6.07) is 0. The molecule has 0 aromatic rings. The van der Waals surface area contributed by atoms with E-state index in [1.165, 1.54) is 25.7 Å². The molecule has 1 unspecified atom stereocenters. The van der Waals surface area contributed by atoms with Gasteiger partial charge in [-0.25, -0.2) is 0 Å². The summed E-state index contributed by atoms with van der Waals surface area (Å²) in [4.78, 5) is 11.2. The lowest BCUT2D eigenvalue weighted by molar-refractivity contribution is -0.139. The summed E-state index contributed by atoms with van der Waals surface area (Å²) in [5.41, 5.74) is 0.571. The Morgan fingerprint density at radius 2 is 2.00 bits per heavy atom. The Bertz CT molecular complexity index is 199. The van der Waals surface area contributed by atoms with Crippen LogP contribution in [0.3, 0.4) is 0 Å². The minimum absolute atomic E-state index is 0.549. The first kappa shape index (κ1) is 5.34. The van der Waals surface area contributed by atoms with Crippen LogP contribution in [0.4, 0.5) is 0 Å². The van der Waals surface area contributed by atoms with E-state index in [9.17, 15) is 4.79 Å². The van der Waals surface area contributed by atoms with Gasteiger partial charge in [-0.3, -0.25) is 4.79 Å². The zero-order valence-corrected chi connectivity index (χ0v) is 6.10. The number of hydrogen-bond acceptors (Lipinski definition) is 1. The Morgan fingerprint density at radius 1 is 1.30 bits per heavy atom. The number of rotatable bonds is 0. The second-order valence-corrected chi connectivity index (χ2v) is 4.32. The van der Waals surface area contributed by atoms with Crippen molar-refractivity contribution in [1.82, 2.24) is 0 Å². The molecule has 0 aromatic carbocycles. The van der Waals surface area contributed by atoms with Gasteiger partial charge in [0.15, 0.2) is 0 Å². The molecule has 10 heavy (non-hydrogen) atoms. The maximum atomic E-state index is 11.2. The summed E-state index contributed by atoms with van der Waals surface area (Å²) in [6.45, 7) is 0. The molecule has 0 spiro atoms. The maximum Gasteiger partial charge on any atom is 0.137 e. The first-order valence-electron chi connectivity index (χ1n) is 4.35. The molecule has 0 heterocycles. The number of ketones is 1. The van der Waals surface area contributed by atoms with Crippen molar-refractivity contribution in [2.75, 3.05) is 0 Å². The van der Waals surface area contributed by atoms with Gasteiger partial charge in [0, 0.05) is 12.3 Å². The van der Waals surface area contributed by atoms with Crippen LogP contribution in [0.25, 0.3) is 0 Å². The number of Topliss-reactive ketones (excluding diaryl/α,β-unsaturated/α-hetero) is 1. The van der Waals surface area contributed by atoms with Gasteiger partial charge in [0.05, 0.1) is 0 Å². The van der Waals surface area contributed by atoms with E-state index in [2.05, 4.69) is 0 Å². The lowest BCUT2D eigenvalue weighted by Crippen LogP contribution is -2.42. The Balaban J connectivity index is 2.06. The highest BCUT2D eigenvalue weighted by Crippen LogP contribution is 2.66. The van der Waals surface area contributed by atoms with Crippen molar-refractivity contribution in [3.63, 3.8) is 0 Å². The zero-order chi connectivity index (χ0) is 6.77. The molecule has 3 aliphatic carbocycles. The Hall–Kier alpha value is -0.330. The summed E-state index contributed by atoms with van der Waals surface area (Å²) in [5, 5.41) is 0. The second-order valence-electron chi connectivity index (χ2n) is 4.32. The van der Waals surface area contributed by atoms with Crippen molar-refractivity contribution in [2.45, 2.75) is 32.1 Å². The van der Waals surface area contributed by atoms with Crippen LogP contribution >= 0.6 is 0 Å². The molecule has 1 heteroatoms. The van der Waals surface area contributed by atoms with Crippen LogP contribution in [-0.2, 0) is 4.79 Å². The maximum absolute atomic E-state index is 11.2. The molecule has 0 radical (unpaired) electrons. The van der Waals surface area contributed by atoms with Gasteiger partial charge in [-0.1, -0.05) is 0 Å². The van der Waals surface area contributed by atoms with Gasteiger partial charge in [0.2, 0.25) is 0 Å². The third-order valence-electron chi connectivity index (χ3n) is 4.03. The van der Waals surface area contributed by atoms with Crippen LogP contribution in [0.5, 0.6) is 0 Å². The topological polar surface area (TPSA) is 17.1 Å². The third-order valence-corrected chi connectivity index (χ3v) is 4.03. The smallest absolute Gasteiger partial charge is 0.137 e. The monoisotopic (exact) mass is 136 g/mol. The van der Waals surface area contributed by atoms with Crippen LogP contribution in [-0.4, -0.2) is 5.78 Å². The largest absolute Gasteiger partial charge is 0.299 e. The van der Waals surface area contributed by atoms with Crippen LogP contribution < -0.4 is 0 Å². The van der Waals surface area contributed by atoms with Gasteiger partial charge in [-0.15, -0.1) is 0 Å². The highest BCUT2D eigenvalue weighted by molar-refractivity contribution is 5.90. The predicted molar refractivity (Wildman–Crippen MR) is 37.5 cm³/mol. The molecule has 54 valence electrons. The lowest BCUT2D eigenvalue weighted by Gasteiger charge is -2.40. The number of hydrogen-bond donors (Lipinski definition) is 0. The number of carbonyl (C=O) groups excluding carboxylic acids is 1. The first-order chi connectivity index (χ1) is 4.82. The van der Waals surface area contributed by atoms with Crippen molar-refractivity contribution >= 4 is 5.78 Å². The molecule has 3 aliphatic rings. The number of carbonyl (C=O) groups is 1. The lowest BCUT2D eigenvalue weighted by atomic mass is 9.62. The summed E-state index contributed by atoms with van der Waals surface area (Å²) in [5.74, 6) is 1.95. The predicted octanol–water partition coefficient (Wildman–Crippen LogP) is 1.77. The van der Waals surface area contributed by atoms with E-state index in [0.29, 0.717) is 17.1 Å². The van der Waals surface area contributed by atoms with E-state index >= 15 is 0 Å². The SMILES string of the molecule is O=C1CC23CCC(CC2)C13. The van der Waals surface area contributed by atoms with Crippen LogP contribution in [0.2, 0.25) is 0 Å². The first-order valence-corrected chi connectivity index (χ1v) is 4.35. The summed E-state index contributed by atoms with van der Waals surface area (Å²) in [7, 11) is 0. The normalized spacial score (nSPS) is 56.6. The highest BCUT2D eigenvalue weighted by Gasteiger charge is 2.63. The Labute approximate surface area is 60.8 Å². The molecule has 0 saturated heterocycles. The van der Waals surface area contributed by atoms with Gasteiger partial charge < -0.3 is 0 Å². The minimum atomic E-state index is 0.549. The Morgan fingerprint density at radius 3 is 2.40 bits per heavy atom. The van der Waals surface area contributed by atoms with Gasteiger partial charge in [0.1, 0.15) is 5.78 Å². The van der Waals surface area contributed by atoms with Crippen molar-refractivity contribution in [2.24, 2.45) is 17.3 Å². The molecule has 2 bridgehead atoms. The molecule has 3 rings (SSSR count). The molecule has 0 aromatic heterocycles. The van der Waals surface area contributed by atoms with Crippen molar-refractivity contribution in [3.8, 4) is 0 Å². The van der Waals surface area contributed by atoms with Crippen molar-refractivity contribution < 1.29 is 4.79 Å². The zero-order valence-electron chi connectivity index (χ0n) is 6.10. The van der Waals surface area contributed by atoms with Gasteiger partial charge >= 0.3 is 0 Å². The van der Waals surface area contributed by atoms with Crippen molar-refractivity contribution in [1.29, 1.82) is 0 Å². The van der Waals surface area contributed by atoms with Crippen molar-refractivity contribution in [3.05, 3.63) is 0 Å². The van der Waals surface area contributed by atoms with Crippen LogP contribution in [0.1, 0.15) is 32.1 Å². The fourth-order valence-corrected chi connectivity index (χ4v) is 3.58. The minimum Gasteiger partial charge on any atom is -0.299 e. The molecule has 0 aliphatic heterocycles.